The van der Waals surface area contributed by atoms with Crippen LogP contribution in [-0.4, -0.2) is 31.9 Å². The summed E-state index contributed by atoms with van der Waals surface area (Å²) >= 11 is 1.68. The Bertz CT molecular complexity index is 798. The molecule has 1 saturated heterocycles. The van der Waals surface area contributed by atoms with Crippen molar-refractivity contribution in [1.82, 2.24) is 19.4 Å². The topological polar surface area (TPSA) is 51.0 Å². The molecule has 4 rings (SSSR count). The van der Waals surface area contributed by atoms with Gasteiger partial charge in [-0.05, 0) is 47.4 Å². The zero-order valence-corrected chi connectivity index (χ0v) is 13.3. The highest BCUT2D eigenvalue weighted by atomic mass is 32.1. The molecule has 116 valence electrons. The highest BCUT2D eigenvalue weighted by Crippen LogP contribution is 2.34. The van der Waals surface area contributed by atoms with Crippen LogP contribution < -0.4 is 0 Å². The first-order valence-corrected chi connectivity index (χ1v) is 8.54. The maximum absolute atomic E-state index is 13.0. The summed E-state index contributed by atoms with van der Waals surface area (Å²) in [6.45, 7) is 0.808. The van der Waals surface area contributed by atoms with E-state index in [2.05, 4.69) is 26.8 Å². The molecule has 1 fully saturated rings. The van der Waals surface area contributed by atoms with Crippen LogP contribution in [0.3, 0.4) is 0 Å². The SMILES string of the molecule is O=C(c1ccnc(-n2ccnc2)c1)N1CCCC1c1ccsc1. The molecule has 0 aromatic carbocycles. The second kappa shape index (κ2) is 5.96. The van der Waals surface area contributed by atoms with Crippen LogP contribution in [0.4, 0.5) is 0 Å². The van der Waals surface area contributed by atoms with E-state index in [0.717, 1.165) is 19.4 Å². The van der Waals surface area contributed by atoms with E-state index < -0.39 is 0 Å². The molecule has 1 aliphatic rings. The number of rotatable bonds is 3. The largest absolute Gasteiger partial charge is 0.332 e. The van der Waals surface area contributed by atoms with Gasteiger partial charge in [0.05, 0.1) is 6.04 Å². The van der Waals surface area contributed by atoms with Gasteiger partial charge in [-0.2, -0.15) is 11.3 Å². The van der Waals surface area contributed by atoms with Gasteiger partial charge in [0, 0.05) is 30.7 Å². The van der Waals surface area contributed by atoms with Gasteiger partial charge >= 0.3 is 0 Å². The fourth-order valence-corrected chi connectivity index (χ4v) is 3.78. The van der Waals surface area contributed by atoms with Gasteiger partial charge in [-0.1, -0.05) is 0 Å². The summed E-state index contributed by atoms with van der Waals surface area (Å²) < 4.78 is 1.80. The Hall–Kier alpha value is -2.47. The Labute approximate surface area is 138 Å². The number of hydrogen-bond acceptors (Lipinski definition) is 4. The molecule has 0 saturated carbocycles. The zero-order chi connectivity index (χ0) is 15.6. The van der Waals surface area contributed by atoms with Crippen molar-refractivity contribution < 1.29 is 4.79 Å². The number of carbonyl (C=O) groups excluding carboxylic acids is 1. The number of nitrogens with zero attached hydrogens (tertiary/aromatic N) is 4. The summed E-state index contributed by atoms with van der Waals surface area (Å²) in [5.41, 5.74) is 1.91. The van der Waals surface area contributed by atoms with Gasteiger partial charge in [-0.15, -0.1) is 0 Å². The van der Waals surface area contributed by atoms with Gasteiger partial charge in [0.2, 0.25) is 0 Å². The molecule has 0 bridgehead atoms. The van der Waals surface area contributed by atoms with Crippen LogP contribution in [0.15, 0.2) is 53.9 Å². The number of imidazole rings is 1. The molecular formula is C17H16N4OS. The molecule has 0 aliphatic carbocycles. The lowest BCUT2D eigenvalue weighted by Gasteiger charge is -2.24. The summed E-state index contributed by atoms with van der Waals surface area (Å²) in [4.78, 5) is 23.3. The maximum Gasteiger partial charge on any atom is 0.254 e. The Morgan fingerprint density at radius 2 is 2.26 bits per heavy atom. The average Bonchev–Trinajstić information content (AvgIpc) is 3.35. The molecule has 23 heavy (non-hydrogen) atoms. The van der Waals surface area contributed by atoms with E-state index in [0.29, 0.717) is 11.4 Å². The number of likely N-dealkylation sites (tertiary alicyclic amines) is 1. The summed E-state index contributed by atoms with van der Waals surface area (Å²) in [5, 5.41) is 4.21. The van der Waals surface area contributed by atoms with Crippen LogP contribution in [-0.2, 0) is 0 Å². The smallest absolute Gasteiger partial charge is 0.254 e. The summed E-state index contributed by atoms with van der Waals surface area (Å²) in [6, 6.07) is 5.92. The van der Waals surface area contributed by atoms with Gasteiger partial charge in [0.1, 0.15) is 12.1 Å². The highest BCUT2D eigenvalue weighted by molar-refractivity contribution is 7.08. The van der Waals surface area contributed by atoms with Crippen molar-refractivity contribution in [2.75, 3.05) is 6.54 Å². The van der Waals surface area contributed by atoms with Gasteiger partial charge in [0.25, 0.3) is 5.91 Å². The van der Waals surface area contributed by atoms with E-state index in [1.165, 1.54) is 5.56 Å². The van der Waals surface area contributed by atoms with Crippen molar-refractivity contribution >= 4 is 17.2 Å². The molecule has 1 aliphatic heterocycles. The minimum absolute atomic E-state index is 0.0717. The van der Waals surface area contributed by atoms with Gasteiger partial charge in [-0.25, -0.2) is 9.97 Å². The third kappa shape index (κ3) is 2.66. The van der Waals surface area contributed by atoms with E-state index in [9.17, 15) is 4.79 Å². The predicted molar refractivity (Wildman–Crippen MR) is 88.7 cm³/mol. The molecule has 4 heterocycles. The first-order chi connectivity index (χ1) is 11.3. The number of pyridine rings is 1. The fourth-order valence-electron chi connectivity index (χ4n) is 3.07. The standard InChI is InChI=1S/C17H16N4OS/c22-17(21-7-1-2-15(21)14-4-9-23-11-14)13-3-5-19-16(10-13)20-8-6-18-12-20/h3-6,8-12,15H,1-2,7H2. The number of hydrogen-bond donors (Lipinski definition) is 0. The number of carbonyl (C=O) groups is 1. The van der Waals surface area contributed by atoms with E-state index in [-0.39, 0.29) is 11.9 Å². The van der Waals surface area contributed by atoms with Gasteiger partial charge < -0.3 is 4.90 Å². The number of thiophene rings is 1. The highest BCUT2D eigenvalue weighted by Gasteiger charge is 2.30. The molecule has 3 aromatic heterocycles. The first-order valence-electron chi connectivity index (χ1n) is 7.60. The number of amides is 1. The van der Waals surface area contributed by atoms with Gasteiger partial charge in [-0.3, -0.25) is 9.36 Å². The summed E-state index contributed by atoms with van der Waals surface area (Å²) in [5.74, 6) is 0.780. The van der Waals surface area contributed by atoms with Crippen LogP contribution in [0.2, 0.25) is 0 Å². The van der Waals surface area contributed by atoms with Crippen molar-refractivity contribution in [2.45, 2.75) is 18.9 Å². The maximum atomic E-state index is 13.0. The lowest BCUT2D eigenvalue weighted by atomic mass is 10.1. The minimum atomic E-state index is 0.0717. The van der Waals surface area contributed by atoms with Crippen molar-refractivity contribution in [3.05, 3.63) is 65.0 Å². The second-order valence-corrected chi connectivity index (χ2v) is 6.37. The molecule has 3 aromatic rings. The van der Waals surface area contributed by atoms with Gasteiger partial charge in [0.15, 0.2) is 0 Å². The van der Waals surface area contributed by atoms with Crippen LogP contribution in [0.1, 0.15) is 34.8 Å². The molecule has 5 nitrogen and oxygen atoms in total. The normalized spacial score (nSPS) is 17.6. The Morgan fingerprint density at radius 1 is 1.30 bits per heavy atom. The molecule has 6 heteroatoms. The van der Waals surface area contributed by atoms with Crippen LogP contribution in [0, 0.1) is 0 Å². The lowest BCUT2D eigenvalue weighted by molar-refractivity contribution is 0.0735. The van der Waals surface area contributed by atoms with Crippen LogP contribution in [0.25, 0.3) is 5.82 Å². The zero-order valence-electron chi connectivity index (χ0n) is 12.5. The van der Waals surface area contributed by atoms with Crippen LogP contribution in [0.5, 0.6) is 0 Å². The summed E-state index contributed by atoms with van der Waals surface area (Å²) in [7, 11) is 0. The quantitative estimate of drug-likeness (QED) is 0.743. The monoisotopic (exact) mass is 324 g/mol. The Balaban J connectivity index is 1.63. The molecule has 1 unspecified atom stereocenters. The van der Waals surface area contributed by atoms with Crippen molar-refractivity contribution in [3.8, 4) is 5.82 Å². The van der Waals surface area contributed by atoms with Crippen molar-refractivity contribution in [3.63, 3.8) is 0 Å². The van der Waals surface area contributed by atoms with E-state index in [4.69, 9.17) is 0 Å². The van der Waals surface area contributed by atoms with E-state index in [1.807, 2.05) is 17.2 Å². The third-order valence-corrected chi connectivity index (χ3v) is 4.90. The molecule has 0 radical (unpaired) electrons. The third-order valence-electron chi connectivity index (χ3n) is 4.20. The van der Waals surface area contributed by atoms with Crippen LogP contribution >= 0.6 is 11.3 Å². The molecule has 1 atom stereocenters. The first kappa shape index (κ1) is 14.1. The average molecular weight is 324 g/mol. The predicted octanol–water partition coefficient (Wildman–Crippen LogP) is 3.31. The Morgan fingerprint density at radius 3 is 3.04 bits per heavy atom. The van der Waals surface area contributed by atoms with E-state index >= 15 is 0 Å². The summed E-state index contributed by atoms with van der Waals surface area (Å²) in [6.07, 6.45) is 8.95. The lowest BCUT2D eigenvalue weighted by Crippen LogP contribution is -2.30. The molecule has 0 N–H and O–H groups in total. The fraction of sp³-hybridized carbons (Fsp3) is 0.235. The minimum Gasteiger partial charge on any atom is -0.332 e. The molecule has 0 spiro atoms. The second-order valence-electron chi connectivity index (χ2n) is 5.59. The number of aromatic nitrogens is 3. The molecule has 1 amide bonds. The van der Waals surface area contributed by atoms with Crippen molar-refractivity contribution in [1.29, 1.82) is 0 Å². The molecular weight excluding hydrogens is 308 g/mol. The van der Waals surface area contributed by atoms with E-state index in [1.54, 1.807) is 40.7 Å². The Kier molecular flexibility index (Phi) is 3.67. The van der Waals surface area contributed by atoms with Crippen molar-refractivity contribution in [2.24, 2.45) is 0 Å².